The van der Waals surface area contributed by atoms with Gasteiger partial charge in [-0.3, -0.25) is 0 Å². The van der Waals surface area contributed by atoms with E-state index < -0.39 is 13.9 Å². The predicted molar refractivity (Wildman–Crippen MR) is 107 cm³/mol. The van der Waals surface area contributed by atoms with Crippen molar-refractivity contribution in [1.29, 1.82) is 0 Å². The van der Waals surface area contributed by atoms with Crippen molar-refractivity contribution in [2.24, 2.45) is 0 Å². The van der Waals surface area contributed by atoms with Crippen molar-refractivity contribution >= 4 is 14.2 Å². The minimum atomic E-state index is -1.75. The van der Waals surface area contributed by atoms with Crippen molar-refractivity contribution in [3.63, 3.8) is 0 Å². The van der Waals surface area contributed by atoms with Crippen LogP contribution in [0.15, 0.2) is 11.1 Å². The van der Waals surface area contributed by atoms with E-state index in [9.17, 15) is 4.79 Å². The Morgan fingerprint density at radius 1 is 1.12 bits per heavy atom. The van der Waals surface area contributed by atoms with Gasteiger partial charge < -0.3 is 19.1 Å². The normalized spacial score (nSPS) is 21.6. The molecule has 6 heteroatoms. The van der Waals surface area contributed by atoms with Gasteiger partial charge in [0.05, 0.1) is 21.3 Å². The van der Waals surface area contributed by atoms with Gasteiger partial charge in [-0.1, -0.05) is 25.2 Å². The Bertz CT molecular complexity index is 537. The molecular weight excluding hydrogens is 346 g/mol. The lowest BCUT2D eigenvalue weighted by Gasteiger charge is -2.40. The maximum Gasteiger partial charge on any atom is 0.410 e. The summed E-state index contributed by atoms with van der Waals surface area (Å²) in [5.41, 5.74) is 2.45. The first-order chi connectivity index (χ1) is 12.0. The highest BCUT2D eigenvalue weighted by Gasteiger charge is 2.44. The number of nitrogens with zero attached hydrogens (tertiary/aromatic N) is 1. The zero-order chi connectivity index (χ0) is 19.7. The van der Waals surface area contributed by atoms with Gasteiger partial charge in [-0.2, -0.15) is 0 Å². The minimum absolute atomic E-state index is 0.103. The van der Waals surface area contributed by atoms with E-state index in [2.05, 4.69) is 26.6 Å². The molecular formula is C20H37NO4Si. The summed E-state index contributed by atoms with van der Waals surface area (Å²) in [5.74, 6) is -0.441. The van der Waals surface area contributed by atoms with Crippen LogP contribution in [0.5, 0.6) is 0 Å². The summed E-state index contributed by atoms with van der Waals surface area (Å²) >= 11 is 0. The molecule has 26 heavy (non-hydrogen) atoms. The van der Waals surface area contributed by atoms with Crippen LogP contribution in [-0.4, -0.2) is 55.9 Å². The summed E-state index contributed by atoms with van der Waals surface area (Å²) in [6.07, 6.45) is 2.29. The summed E-state index contributed by atoms with van der Waals surface area (Å²) in [6.45, 7) is 18.4. The molecule has 1 aliphatic heterocycles. The molecule has 2 rings (SSSR count). The van der Waals surface area contributed by atoms with Crippen LogP contribution in [0.3, 0.4) is 0 Å². The van der Waals surface area contributed by atoms with Gasteiger partial charge in [0, 0.05) is 24.9 Å². The van der Waals surface area contributed by atoms with Gasteiger partial charge in [-0.25, -0.2) is 4.79 Å². The maximum absolute atomic E-state index is 12.9. The van der Waals surface area contributed by atoms with Crippen LogP contribution in [0.1, 0.15) is 53.9 Å². The van der Waals surface area contributed by atoms with Crippen LogP contribution in [-0.2, 0) is 14.2 Å². The molecule has 1 fully saturated rings. The number of hydrogen-bond acceptors (Lipinski definition) is 4. The highest BCUT2D eigenvalue weighted by molar-refractivity contribution is 6.78. The Morgan fingerprint density at radius 3 is 2.08 bits per heavy atom. The Hall–Kier alpha value is -0.853. The third-order valence-electron chi connectivity index (χ3n) is 5.32. The lowest BCUT2D eigenvalue weighted by atomic mass is 9.88. The number of ether oxygens (including phenoxy) is 3. The van der Waals surface area contributed by atoms with Crippen LogP contribution < -0.4 is 0 Å². The highest BCUT2D eigenvalue weighted by Crippen LogP contribution is 2.41. The molecule has 5 nitrogen and oxygen atoms in total. The highest BCUT2D eigenvalue weighted by atomic mass is 28.3. The largest absolute Gasteiger partial charge is 0.446 e. The van der Waals surface area contributed by atoms with E-state index in [-0.39, 0.29) is 23.9 Å². The van der Waals surface area contributed by atoms with Gasteiger partial charge in [-0.15, -0.1) is 0 Å². The van der Waals surface area contributed by atoms with Crippen molar-refractivity contribution in [2.45, 2.75) is 97.1 Å². The molecule has 1 heterocycles. The minimum Gasteiger partial charge on any atom is -0.446 e. The second-order valence-electron chi connectivity index (χ2n) is 9.31. The van der Waals surface area contributed by atoms with Crippen molar-refractivity contribution < 1.29 is 19.0 Å². The SMILES string of the molecule is CC1=C([C@H](OC(=O)N(C(C)C)C(C)C)[Si](C)(C)C)CCC2(C1)OCCO2. The van der Waals surface area contributed by atoms with Crippen molar-refractivity contribution in [3.8, 4) is 0 Å². The molecule has 0 saturated carbocycles. The molecule has 1 amide bonds. The van der Waals surface area contributed by atoms with Crippen LogP contribution in [0.4, 0.5) is 4.79 Å². The van der Waals surface area contributed by atoms with E-state index in [1.807, 2.05) is 32.6 Å². The van der Waals surface area contributed by atoms with Crippen molar-refractivity contribution in [3.05, 3.63) is 11.1 Å². The zero-order valence-corrected chi connectivity index (χ0v) is 18.8. The van der Waals surface area contributed by atoms with Crippen LogP contribution in [0, 0.1) is 0 Å². The molecule has 0 aromatic heterocycles. The van der Waals surface area contributed by atoms with Crippen LogP contribution in [0.2, 0.25) is 19.6 Å². The molecule has 1 atom stereocenters. The second kappa shape index (κ2) is 8.03. The second-order valence-corrected chi connectivity index (χ2v) is 14.6. The van der Waals surface area contributed by atoms with Gasteiger partial charge in [0.15, 0.2) is 5.79 Å². The molecule has 1 spiro atoms. The molecule has 2 aliphatic rings. The van der Waals surface area contributed by atoms with E-state index in [4.69, 9.17) is 14.2 Å². The molecule has 0 unspecified atom stereocenters. The van der Waals surface area contributed by atoms with E-state index in [1.165, 1.54) is 11.1 Å². The monoisotopic (exact) mass is 383 g/mol. The van der Waals surface area contributed by atoms with Gasteiger partial charge in [0.2, 0.25) is 0 Å². The molecule has 150 valence electrons. The third-order valence-corrected chi connectivity index (χ3v) is 7.36. The maximum atomic E-state index is 12.9. The quantitative estimate of drug-likeness (QED) is 0.508. The molecule has 1 saturated heterocycles. The fourth-order valence-electron chi connectivity index (χ4n) is 4.19. The Balaban J connectivity index is 2.24. The lowest BCUT2D eigenvalue weighted by Crippen LogP contribution is -2.50. The summed E-state index contributed by atoms with van der Waals surface area (Å²) in [6, 6.07) is 0.240. The smallest absolute Gasteiger partial charge is 0.410 e. The van der Waals surface area contributed by atoms with Crippen molar-refractivity contribution in [2.75, 3.05) is 13.2 Å². The van der Waals surface area contributed by atoms with E-state index in [0.29, 0.717) is 13.2 Å². The predicted octanol–water partition coefficient (Wildman–Crippen LogP) is 4.73. The fourth-order valence-corrected chi connectivity index (χ4v) is 6.08. The van der Waals surface area contributed by atoms with Gasteiger partial charge >= 0.3 is 6.09 Å². The van der Waals surface area contributed by atoms with Crippen LogP contribution in [0.25, 0.3) is 0 Å². The van der Waals surface area contributed by atoms with Gasteiger partial charge in [0.1, 0.15) is 5.73 Å². The first-order valence-electron chi connectivity index (χ1n) is 9.92. The summed E-state index contributed by atoms with van der Waals surface area (Å²) in [5, 5.41) is 0. The molecule has 0 N–H and O–H groups in total. The number of hydrogen-bond donors (Lipinski definition) is 0. The fraction of sp³-hybridized carbons (Fsp3) is 0.850. The number of carbonyl (C=O) groups excluding carboxylic acids is 1. The number of carbonyl (C=O) groups is 1. The Labute approximate surface area is 160 Å². The number of rotatable bonds is 5. The molecule has 0 aromatic carbocycles. The summed E-state index contributed by atoms with van der Waals surface area (Å²) in [4.78, 5) is 14.8. The first-order valence-corrected chi connectivity index (χ1v) is 13.5. The van der Waals surface area contributed by atoms with Crippen LogP contribution >= 0.6 is 0 Å². The average molecular weight is 384 g/mol. The number of amides is 1. The van der Waals surface area contributed by atoms with E-state index in [0.717, 1.165) is 19.3 Å². The molecule has 0 radical (unpaired) electrons. The molecule has 1 aliphatic carbocycles. The van der Waals surface area contributed by atoms with E-state index >= 15 is 0 Å². The average Bonchev–Trinajstić information content (AvgIpc) is 2.91. The standard InChI is InChI=1S/C20H37NO4Si/c1-14(2)21(15(3)4)19(22)25-18(26(6,7)8)17-9-10-20(13-16(17)5)23-11-12-24-20/h14-15,18H,9-13H2,1-8H3/t18-/m1/s1. The zero-order valence-electron chi connectivity index (χ0n) is 17.8. The third kappa shape index (κ3) is 4.70. The van der Waals surface area contributed by atoms with Crippen molar-refractivity contribution in [1.82, 2.24) is 4.90 Å². The summed E-state index contributed by atoms with van der Waals surface area (Å²) in [7, 11) is -1.75. The van der Waals surface area contributed by atoms with Gasteiger partial charge in [0.25, 0.3) is 0 Å². The van der Waals surface area contributed by atoms with E-state index in [1.54, 1.807) is 0 Å². The first kappa shape index (κ1) is 21.4. The molecule has 0 aromatic rings. The topological polar surface area (TPSA) is 48.0 Å². The molecule has 0 bridgehead atoms. The Morgan fingerprint density at radius 2 is 1.65 bits per heavy atom. The Kier molecular flexibility index (Phi) is 6.62. The van der Waals surface area contributed by atoms with Gasteiger partial charge in [-0.05, 0) is 46.6 Å². The summed E-state index contributed by atoms with van der Waals surface area (Å²) < 4.78 is 17.9. The lowest BCUT2D eigenvalue weighted by molar-refractivity contribution is -0.164.